The lowest BCUT2D eigenvalue weighted by Gasteiger charge is -2.29. The summed E-state index contributed by atoms with van der Waals surface area (Å²) in [6.45, 7) is 2.44. The van der Waals surface area contributed by atoms with Gasteiger partial charge in [-0.2, -0.15) is 0 Å². The standard InChI is InChI=1S/C20H22BrF2IN2O4S/c1-29-18-8-13-4-7-25(12-14(13)9-19(18)30-2)5-3-6-26(24)31(27,28)20-16(21)10-15(22)11-17(20)23/h8-11H,3-7,12H2,1-2H3. The zero-order valence-corrected chi connectivity index (χ0v) is 21.6. The van der Waals surface area contributed by atoms with Crippen molar-refractivity contribution >= 4 is 48.8 Å². The Morgan fingerprint density at radius 2 is 1.77 bits per heavy atom. The highest BCUT2D eigenvalue weighted by Crippen LogP contribution is 2.34. The zero-order chi connectivity index (χ0) is 22.8. The molecule has 0 saturated heterocycles. The molecule has 1 heterocycles. The number of nitrogens with zero attached hydrogens (tertiary/aromatic N) is 2. The van der Waals surface area contributed by atoms with Crippen molar-refractivity contribution in [2.75, 3.05) is 33.9 Å². The van der Waals surface area contributed by atoms with Gasteiger partial charge in [0.05, 0.1) is 14.2 Å². The summed E-state index contributed by atoms with van der Waals surface area (Å²) in [4.78, 5) is 1.68. The Morgan fingerprint density at radius 1 is 1.13 bits per heavy atom. The van der Waals surface area contributed by atoms with Crippen LogP contribution in [0, 0.1) is 11.6 Å². The molecule has 0 amide bonds. The Bertz CT molecular complexity index is 1050. The fourth-order valence-corrected chi connectivity index (χ4v) is 6.68. The number of halogens is 4. The molecule has 3 rings (SSSR count). The van der Waals surface area contributed by atoms with Gasteiger partial charge in [0.25, 0.3) is 10.0 Å². The number of methoxy groups -OCH3 is 2. The highest BCUT2D eigenvalue weighted by Gasteiger charge is 2.29. The van der Waals surface area contributed by atoms with Crippen molar-refractivity contribution in [3.8, 4) is 11.5 Å². The zero-order valence-electron chi connectivity index (χ0n) is 17.0. The van der Waals surface area contributed by atoms with Crippen LogP contribution in [0.4, 0.5) is 8.78 Å². The van der Waals surface area contributed by atoms with Crippen molar-refractivity contribution in [2.45, 2.75) is 24.3 Å². The van der Waals surface area contributed by atoms with Crippen molar-refractivity contribution < 1.29 is 26.7 Å². The summed E-state index contributed by atoms with van der Waals surface area (Å²) < 4.78 is 64.6. The van der Waals surface area contributed by atoms with Crippen LogP contribution in [0.2, 0.25) is 0 Å². The van der Waals surface area contributed by atoms with Gasteiger partial charge in [0, 0.05) is 53.0 Å². The average Bonchev–Trinajstić information content (AvgIpc) is 2.71. The third-order valence-corrected chi connectivity index (χ3v) is 9.65. The Morgan fingerprint density at radius 3 is 2.39 bits per heavy atom. The summed E-state index contributed by atoms with van der Waals surface area (Å²) in [5.74, 6) is -0.576. The van der Waals surface area contributed by atoms with Crippen molar-refractivity contribution in [1.29, 1.82) is 0 Å². The molecule has 0 aliphatic carbocycles. The summed E-state index contributed by atoms with van der Waals surface area (Å²) in [5, 5.41) is 0. The maximum Gasteiger partial charge on any atom is 0.255 e. The second-order valence-corrected chi connectivity index (χ2v) is 11.5. The van der Waals surface area contributed by atoms with Crippen LogP contribution < -0.4 is 9.47 Å². The first-order valence-corrected chi connectivity index (χ1v) is 12.7. The summed E-state index contributed by atoms with van der Waals surface area (Å²) in [5.41, 5.74) is 2.36. The van der Waals surface area contributed by atoms with Crippen LogP contribution in [0.1, 0.15) is 17.5 Å². The highest BCUT2D eigenvalue weighted by molar-refractivity contribution is 14.1. The minimum Gasteiger partial charge on any atom is -0.493 e. The summed E-state index contributed by atoms with van der Waals surface area (Å²) >= 11 is 4.61. The minimum atomic E-state index is -4.10. The maximum absolute atomic E-state index is 14.1. The third-order valence-electron chi connectivity index (χ3n) is 5.09. The Labute approximate surface area is 203 Å². The van der Waals surface area contributed by atoms with Crippen LogP contribution >= 0.6 is 38.8 Å². The smallest absolute Gasteiger partial charge is 0.255 e. The average molecular weight is 631 g/mol. The Hall–Kier alpha value is -1.02. The molecule has 0 saturated carbocycles. The monoisotopic (exact) mass is 630 g/mol. The first-order chi connectivity index (χ1) is 14.7. The quantitative estimate of drug-likeness (QED) is 0.317. The number of rotatable bonds is 8. The molecule has 1 aliphatic heterocycles. The first kappa shape index (κ1) is 24.6. The van der Waals surface area contributed by atoms with Crippen molar-refractivity contribution in [1.82, 2.24) is 7.42 Å². The lowest BCUT2D eigenvalue weighted by molar-refractivity contribution is 0.248. The topological polar surface area (TPSA) is 59.1 Å². The van der Waals surface area contributed by atoms with Gasteiger partial charge in [-0.15, -0.1) is 2.52 Å². The molecule has 31 heavy (non-hydrogen) atoms. The Balaban J connectivity index is 1.62. The SMILES string of the molecule is COc1cc2c(cc1OC)CN(CCCN(I)S(=O)(=O)c1c(F)cc(F)cc1Br)CC2. The van der Waals surface area contributed by atoms with E-state index in [2.05, 4.69) is 20.8 Å². The molecular weight excluding hydrogens is 609 g/mol. The molecule has 0 fully saturated rings. The van der Waals surface area contributed by atoms with Crippen LogP contribution in [0.3, 0.4) is 0 Å². The third kappa shape index (κ3) is 5.49. The fourth-order valence-electron chi connectivity index (χ4n) is 3.55. The molecule has 2 aromatic carbocycles. The van der Waals surface area contributed by atoms with Gasteiger partial charge in [0.2, 0.25) is 0 Å². The molecule has 11 heteroatoms. The van der Waals surface area contributed by atoms with Gasteiger partial charge < -0.3 is 9.47 Å². The van der Waals surface area contributed by atoms with Crippen molar-refractivity contribution in [3.63, 3.8) is 0 Å². The number of benzene rings is 2. The first-order valence-electron chi connectivity index (χ1n) is 9.46. The normalized spacial score (nSPS) is 14.5. The van der Waals surface area contributed by atoms with Crippen molar-refractivity contribution in [2.24, 2.45) is 0 Å². The highest BCUT2D eigenvalue weighted by atomic mass is 127. The van der Waals surface area contributed by atoms with E-state index in [9.17, 15) is 17.2 Å². The second-order valence-electron chi connectivity index (χ2n) is 7.07. The number of hydrogen-bond acceptors (Lipinski definition) is 5. The molecule has 170 valence electrons. The summed E-state index contributed by atoms with van der Waals surface area (Å²) in [6.07, 6.45) is 1.42. The molecule has 6 nitrogen and oxygen atoms in total. The van der Waals surface area contributed by atoms with Gasteiger partial charge >= 0.3 is 0 Å². The van der Waals surface area contributed by atoms with Crippen molar-refractivity contribution in [3.05, 3.63) is 51.5 Å². The molecule has 2 aromatic rings. The van der Waals surface area contributed by atoms with Gasteiger partial charge in [-0.05, 0) is 64.6 Å². The van der Waals surface area contributed by atoms with Crippen LogP contribution in [0.25, 0.3) is 0 Å². The maximum atomic E-state index is 14.1. The summed E-state index contributed by atoms with van der Waals surface area (Å²) in [6, 6.07) is 5.48. The minimum absolute atomic E-state index is 0.135. The lowest BCUT2D eigenvalue weighted by Crippen LogP contribution is -2.33. The van der Waals surface area contributed by atoms with E-state index in [1.54, 1.807) is 37.1 Å². The summed E-state index contributed by atoms with van der Waals surface area (Å²) in [7, 11) is -0.892. The van der Waals surface area contributed by atoms with E-state index in [-0.39, 0.29) is 11.0 Å². The van der Waals surface area contributed by atoms with Gasteiger partial charge in [0.15, 0.2) is 11.5 Å². The van der Waals surface area contributed by atoms with E-state index in [0.29, 0.717) is 30.5 Å². The van der Waals surface area contributed by atoms with Gasteiger partial charge in [-0.25, -0.2) is 17.2 Å². The molecular formula is C20H22BrF2IN2O4S. The number of fused-ring (bicyclic) bond motifs is 1. The van der Waals surface area contributed by atoms with Crippen LogP contribution in [0.15, 0.2) is 33.6 Å². The van der Waals surface area contributed by atoms with Gasteiger partial charge in [0.1, 0.15) is 16.5 Å². The molecule has 0 radical (unpaired) electrons. The fraction of sp³-hybridized carbons (Fsp3) is 0.400. The number of hydrogen-bond donors (Lipinski definition) is 0. The van der Waals surface area contributed by atoms with E-state index in [0.717, 1.165) is 33.7 Å². The molecule has 0 atom stereocenters. The predicted octanol–water partition coefficient (Wildman–Crippen LogP) is 4.53. The van der Waals surface area contributed by atoms with Crippen LogP contribution in [0.5, 0.6) is 11.5 Å². The van der Waals surface area contributed by atoms with Crippen LogP contribution in [-0.4, -0.2) is 49.7 Å². The second kappa shape index (κ2) is 10.3. The largest absolute Gasteiger partial charge is 0.493 e. The molecule has 0 aromatic heterocycles. The molecule has 0 unspecified atom stereocenters. The van der Waals surface area contributed by atoms with Gasteiger partial charge in [-0.3, -0.25) is 4.90 Å². The van der Waals surface area contributed by atoms with Gasteiger partial charge in [-0.1, -0.05) is 0 Å². The molecule has 0 bridgehead atoms. The van der Waals surface area contributed by atoms with Crippen LogP contribution in [-0.2, 0) is 23.0 Å². The van der Waals surface area contributed by atoms with E-state index >= 15 is 0 Å². The van der Waals surface area contributed by atoms with E-state index in [4.69, 9.17) is 9.47 Å². The predicted molar refractivity (Wildman–Crippen MR) is 125 cm³/mol. The lowest BCUT2D eigenvalue weighted by atomic mass is 9.98. The van der Waals surface area contributed by atoms with E-state index < -0.39 is 26.6 Å². The molecule has 1 aliphatic rings. The Kier molecular flexibility index (Phi) is 8.16. The number of sulfonamides is 1. The van der Waals surface area contributed by atoms with E-state index in [1.807, 2.05) is 12.1 Å². The molecule has 0 N–H and O–H groups in total. The van der Waals surface area contributed by atoms with E-state index in [1.165, 1.54) is 5.56 Å². The number of ether oxygens (including phenoxy) is 2. The molecule has 0 spiro atoms.